The second-order valence-electron chi connectivity index (χ2n) is 3.51. The van der Waals surface area contributed by atoms with E-state index in [2.05, 4.69) is 34.4 Å². The zero-order valence-corrected chi connectivity index (χ0v) is 11.7. The second kappa shape index (κ2) is 7.53. The number of rotatable bonds is 5. The molecule has 1 rings (SSSR count). The fourth-order valence-corrected chi connectivity index (χ4v) is 1.45. The molecule has 0 saturated carbocycles. The molecule has 0 spiro atoms. The van der Waals surface area contributed by atoms with Crippen LogP contribution in [0.5, 0.6) is 0 Å². The van der Waals surface area contributed by atoms with Gasteiger partial charge < -0.3 is 4.74 Å². The monoisotopic (exact) mass is 325 g/mol. The number of allylic oxidation sites excluding steroid dienone is 2. The number of carbonyl (C=O) groups excluding carboxylic acids is 1. The molecule has 0 fully saturated rings. The van der Waals surface area contributed by atoms with E-state index in [1.54, 1.807) is 24.3 Å². The first-order chi connectivity index (χ1) is 9.06. The van der Waals surface area contributed by atoms with Crippen LogP contribution in [0.2, 0.25) is 0 Å². The molecule has 1 N–H and O–H groups in total. The van der Waals surface area contributed by atoms with E-state index in [4.69, 9.17) is 4.74 Å². The Morgan fingerprint density at radius 2 is 2.21 bits per heavy atom. The van der Waals surface area contributed by atoms with Crippen molar-refractivity contribution in [2.24, 2.45) is 0 Å². The Morgan fingerprint density at radius 3 is 2.79 bits per heavy atom. The van der Waals surface area contributed by atoms with Crippen LogP contribution in [0.25, 0.3) is 0 Å². The molecule has 0 radical (unpaired) electrons. The van der Waals surface area contributed by atoms with Crippen molar-refractivity contribution in [3.63, 3.8) is 0 Å². The average Bonchev–Trinajstić information content (AvgIpc) is 2.39. The van der Waals surface area contributed by atoms with Gasteiger partial charge in [-0.2, -0.15) is 0 Å². The fourth-order valence-electron chi connectivity index (χ4n) is 1.20. The molecule has 0 aromatic heterocycles. The van der Waals surface area contributed by atoms with E-state index < -0.39 is 11.9 Å². The van der Waals surface area contributed by atoms with Gasteiger partial charge in [0.05, 0.1) is 4.47 Å². The number of ether oxygens (including phenoxy) is 1. The first-order valence-corrected chi connectivity index (χ1v) is 6.19. The van der Waals surface area contributed by atoms with Crippen LogP contribution in [0.15, 0.2) is 59.6 Å². The number of benzene rings is 1. The van der Waals surface area contributed by atoms with Crippen molar-refractivity contribution in [1.29, 1.82) is 0 Å². The van der Waals surface area contributed by atoms with Gasteiger partial charge in [0.25, 0.3) is 0 Å². The number of hydrogen-bond acceptors (Lipinski definition) is 2. The molecule has 0 aliphatic rings. The Bertz CT molecular complexity index is 526. The van der Waals surface area contributed by atoms with E-state index in [9.17, 15) is 9.18 Å². The molecule has 3 nitrogen and oxygen atoms in total. The van der Waals surface area contributed by atoms with Crippen LogP contribution in [0.1, 0.15) is 0 Å². The molecular weight excluding hydrogens is 313 g/mol. The van der Waals surface area contributed by atoms with Gasteiger partial charge in [0.2, 0.25) is 0 Å². The topological polar surface area (TPSA) is 38.3 Å². The minimum atomic E-state index is -0.668. The minimum absolute atomic E-state index is 0.0698. The summed E-state index contributed by atoms with van der Waals surface area (Å²) in [6, 6.07) is 4.25. The average molecular weight is 326 g/mol. The molecule has 1 aromatic carbocycles. The zero-order chi connectivity index (χ0) is 14.3. The lowest BCUT2D eigenvalue weighted by Gasteiger charge is -2.07. The smallest absolute Gasteiger partial charge is 0.411 e. The molecule has 19 heavy (non-hydrogen) atoms. The maximum atomic E-state index is 13.2. The molecule has 0 aliphatic heterocycles. The summed E-state index contributed by atoms with van der Waals surface area (Å²) in [5.74, 6) is -0.462. The van der Waals surface area contributed by atoms with Crippen molar-refractivity contribution in [3.05, 3.63) is 65.4 Å². The molecule has 100 valence electrons. The van der Waals surface area contributed by atoms with E-state index in [0.29, 0.717) is 15.7 Å². The molecule has 0 saturated heterocycles. The summed E-state index contributed by atoms with van der Waals surface area (Å²) in [4.78, 5) is 11.5. The number of nitrogens with one attached hydrogen (secondary N) is 1. The first kappa shape index (κ1) is 15.2. The zero-order valence-electron chi connectivity index (χ0n) is 10.2. The quantitative estimate of drug-likeness (QED) is 0.813. The second-order valence-corrected chi connectivity index (χ2v) is 4.37. The third-order valence-corrected chi connectivity index (χ3v) is 2.77. The van der Waals surface area contributed by atoms with Crippen molar-refractivity contribution in [2.75, 3.05) is 11.9 Å². The van der Waals surface area contributed by atoms with E-state index >= 15 is 0 Å². The fraction of sp³-hybridized carbons (Fsp3) is 0.0714. The maximum absolute atomic E-state index is 13.2. The van der Waals surface area contributed by atoms with Crippen molar-refractivity contribution >= 4 is 27.7 Å². The molecule has 0 unspecified atom stereocenters. The van der Waals surface area contributed by atoms with E-state index in [0.717, 1.165) is 0 Å². The van der Waals surface area contributed by atoms with Crippen molar-refractivity contribution in [2.45, 2.75) is 0 Å². The van der Waals surface area contributed by atoms with Gasteiger partial charge in [0, 0.05) is 5.69 Å². The molecule has 5 heteroatoms. The Kier molecular flexibility index (Phi) is 6.02. The van der Waals surface area contributed by atoms with Gasteiger partial charge in [-0.25, -0.2) is 9.18 Å². The highest BCUT2D eigenvalue weighted by atomic mass is 79.9. The van der Waals surface area contributed by atoms with Crippen LogP contribution in [0.4, 0.5) is 14.9 Å². The molecule has 1 aromatic rings. The van der Waals surface area contributed by atoms with Gasteiger partial charge in [-0.3, -0.25) is 5.32 Å². The Hall–Kier alpha value is -1.88. The van der Waals surface area contributed by atoms with Crippen LogP contribution in [-0.2, 0) is 4.74 Å². The summed E-state index contributed by atoms with van der Waals surface area (Å²) in [5, 5.41) is 2.42. The summed E-state index contributed by atoms with van der Waals surface area (Å²) >= 11 is 3.03. The van der Waals surface area contributed by atoms with Crippen molar-refractivity contribution in [3.8, 4) is 0 Å². The molecule has 0 bridgehead atoms. The highest BCUT2D eigenvalue weighted by Gasteiger charge is 2.06. The van der Waals surface area contributed by atoms with Crippen molar-refractivity contribution in [1.82, 2.24) is 0 Å². The summed E-state index contributed by atoms with van der Waals surface area (Å²) in [6.45, 7) is 7.18. The number of anilines is 1. The highest BCUT2D eigenvalue weighted by molar-refractivity contribution is 9.10. The van der Waals surface area contributed by atoms with Crippen molar-refractivity contribution < 1.29 is 13.9 Å². The van der Waals surface area contributed by atoms with E-state index in [-0.39, 0.29) is 6.61 Å². The van der Waals surface area contributed by atoms with E-state index in [1.165, 1.54) is 12.1 Å². The standard InChI is InChI=1S/C14H13BrFNO2/c1-3-5-10(4-2)9-19-14(18)17-11-6-7-12(15)13(16)8-11/h3-8H,1-2,9H2,(H,17,18)/b10-5+. The predicted octanol–water partition coefficient (Wildman–Crippen LogP) is 4.44. The Balaban J connectivity index is 2.55. The molecular formula is C14H13BrFNO2. The van der Waals surface area contributed by atoms with Gasteiger partial charge in [0.15, 0.2) is 0 Å². The summed E-state index contributed by atoms with van der Waals surface area (Å²) in [7, 11) is 0. The van der Waals surface area contributed by atoms with Crippen LogP contribution >= 0.6 is 15.9 Å². The van der Waals surface area contributed by atoms with Crippen LogP contribution in [0.3, 0.4) is 0 Å². The van der Waals surface area contributed by atoms with Gasteiger partial charge in [-0.15, -0.1) is 0 Å². The summed E-state index contributed by atoms with van der Waals surface area (Å²) in [6.07, 6.45) is 4.15. The third-order valence-electron chi connectivity index (χ3n) is 2.13. The largest absolute Gasteiger partial charge is 0.444 e. The highest BCUT2D eigenvalue weighted by Crippen LogP contribution is 2.19. The number of carbonyl (C=O) groups is 1. The number of halogens is 2. The number of hydrogen-bond donors (Lipinski definition) is 1. The van der Waals surface area contributed by atoms with E-state index in [1.807, 2.05) is 0 Å². The van der Waals surface area contributed by atoms with Crippen LogP contribution < -0.4 is 5.32 Å². The lowest BCUT2D eigenvalue weighted by Crippen LogP contribution is -2.15. The first-order valence-electron chi connectivity index (χ1n) is 5.39. The van der Waals surface area contributed by atoms with Crippen LogP contribution in [-0.4, -0.2) is 12.7 Å². The summed E-state index contributed by atoms with van der Waals surface area (Å²) < 4.78 is 18.5. The third kappa shape index (κ3) is 5.09. The van der Waals surface area contributed by atoms with Gasteiger partial charge in [-0.05, 0) is 39.7 Å². The lowest BCUT2D eigenvalue weighted by molar-refractivity contribution is 0.172. The number of amides is 1. The van der Waals surface area contributed by atoms with Gasteiger partial charge >= 0.3 is 6.09 Å². The Morgan fingerprint density at radius 1 is 1.47 bits per heavy atom. The van der Waals surface area contributed by atoms with Crippen LogP contribution in [0, 0.1) is 5.82 Å². The molecule has 0 aliphatic carbocycles. The molecule has 0 heterocycles. The molecule has 0 atom stereocenters. The SMILES string of the molecule is C=C/C=C(\C=C)COC(=O)Nc1ccc(Br)c(F)c1. The van der Waals surface area contributed by atoms with Gasteiger partial charge in [0.1, 0.15) is 12.4 Å². The lowest BCUT2D eigenvalue weighted by atomic mass is 10.2. The predicted molar refractivity (Wildman–Crippen MR) is 77.5 cm³/mol. The normalized spacial score (nSPS) is 10.7. The maximum Gasteiger partial charge on any atom is 0.411 e. The molecule has 1 amide bonds. The Labute approximate surface area is 119 Å². The minimum Gasteiger partial charge on any atom is -0.444 e. The summed E-state index contributed by atoms with van der Waals surface area (Å²) in [5.41, 5.74) is 1.03. The van der Waals surface area contributed by atoms with Gasteiger partial charge in [-0.1, -0.05) is 31.4 Å².